The molecule has 0 aliphatic carbocycles. The monoisotopic (exact) mass is 314 g/mol. The largest absolute Gasteiger partial charge is 0.491 e. The topological polar surface area (TPSA) is 55.8 Å². The van der Waals surface area contributed by atoms with Gasteiger partial charge in [0.25, 0.3) is 0 Å². The van der Waals surface area contributed by atoms with Gasteiger partial charge < -0.3 is 14.6 Å². The minimum Gasteiger partial charge on any atom is -0.491 e. The van der Waals surface area contributed by atoms with Crippen molar-refractivity contribution in [2.75, 3.05) is 0 Å². The van der Waals surface area contributed by atoms with E-state index in [4.69, 9.17) is 14.6 Å². The van der Waals surface area contributed by atoms with Crippen LogP contribution < -0.4 is 9.47 Å². The summed E-state index contributed by atoms with van der Waals surface area (Å²) in [6.07, 6.45) is 0.842. The van der Waals surface area contributed by atoms with Crippen LogP contribution in [0.5, 0.6) is 11.5 Å². The van der Waals surface area contributed by atoms with Crippen molar-refractivity contribution in [3.8, 4) is 11.5 Å². The number of hydrogen-bond donors (Lipinski definition) is 1. The van der Waals surface area contributed by atoms with Gasteiger partial charge in [0.2, 0.25) is 0 Å². The number of ether oxygens (including phenoxy) is 2. The van der Waals surface area contributed by atoms with Crippen LogP contribution in [0.2, 0.25) is 0 Å². The Morgan fingerprint density at radius 3 is 2.09 bits per heavy atom. The highest BCUT2D eigenvalue weighted by atomic mass is 16.5. The van der Waals surface area contributed by atoms with Gasteiger partial charge in [-0.15, -0.1) is 0 Å². The SMILES string of the molecule is CC(C)Oc1ccc(COc2ccc(CCC(=O)O)cc2)cc1. The Kier molecular flexibility index (Phi) is 6.03. The maximum absolute atomic E-state index is 10.5. The Morgan fingerprint density at radius 1 is 0.957 bits per heavy atom. The molecule has 0 saturated heterocycles. The molecular weight excluding hydrogens is 292 g/mol. The van der Waals surface area contributed by atoms with Crippen molar-refractivity contribution >= 4 is 5.97 Å². The summed E-state index contributed by atoms with van der Waals surface area (Å²) in [4.78, 5) is 10.5. The third-order valence-electron chi connectivity index (χ3n) is 3.25. The van der Waals surface area contributed by atoms with Gasteiger partial charge in [0, 0.05) is 6.42 Å². The van der Waals surface area contributed by atoms with Gasteiger partial charge in [-0.2, -0.15) is 0 Å². The second-order valence-electron chi connectivity index (χ2n) is 5.64. The first-order chi connectivity index (χ1) is 11.0. The minimum absolute atomic E-state index is 0.144. The molecule has 0 radical (unpaired) electrons. The van der Waals surface area contributed by atoms with Gasteiger partial charge in [0.1, 0.15) is 18.1 Å². The lowest BCUT2D eigenvalue weighted by atomic mass is 10.1. The lowest BCUT2D eigenvalue weighted by Crippen LogP contribution is -2.05. The molecule has 0 bridgehead atoms. The number of aryl methyl sites for hydroxylation is 1. The zero-order chi connectivity index (χ0) is 16.7. The van der Waals surface area contributed by atoms with Crippen LogP contribution in [0.15, 0.2) is 48.5 Å². The third-order valence-corrected chi connectivity index (χ3v) is 3.25. The molecule has 0 aliphatic heterocycles. The van der Waals surface area contributed by atoms with Crippen molar-refractivity contribution in [3.05, 3.63) is 59.7 Å². The number of benzene rings is 2. The summed E-state index contributed by atoms with van der Waals surface area (Å²) < 4.78 is 11.3. The lowest BCUT2D eigenvalue weighted by molar-refractivity contribution is -0.136. The molecule has 0 aliphatic rings. The van der Waals surface area contributed by atoms with Crippen LogP contribution in [0.1, 0.15) is 31.4 Å². The molecule has 0 heterocycles. The molecule has 0 aromatic heterocycles. The van der Waals surface area contributed by atoms with E-state index in [2.05, 4.69) is 0 Å². The molecule has 0 fully saturated rings. The first-order valence-electron chi connectivity index (χ1n) is 7.72. The van der Waals surface area contributed by atoms with Gasteiger partial charge in [0.05, 0.1) is 6.10 Å². The fraction of sp³-hybridized carbons (Fsp3) is 0.316. The molecule has 122 valence electrons. The summed E-state index contributed by atoms with van der Waals surface area (Å²) in [6, 6.07) is 15.4. The van der Waals surface area contributed by atoms with Crippen molar-refractivity contribution in [2.24, 2.45) is 0 Å². The maximum Gasteiger partial charge on any atom is 0.303 e. The quantitative estimate of drug-likeness (QED) is 0.798. The van der Waals surface area contributed by atoms with Crippen molar-refractivity contribution < 1.29 is 19.4 Å². The van der Waals surface area contributed by atoms with Gasteiger partial charge in [-0.3, -0.25) is 4.79 Å². The summed E-state index contributed by atoms with van der Waals surface area (Å²) in [5.74, 6) is 0.841. The van der Waals surface area contributed by atoms with Crippen LogP contribution in [0.25, 0.3) is 0 Å². The molecule has 2 rings (SSSR count). The first-order valence-corrected chi connectivity index (χ1v) is 7.72. The van der Waals surface area contributed by atoms with E-state index in [1.54, 1.807) is 0 Å². The Labute approximate surface area is 136 Å². The first kappa shape index (κ1) is 16.9. The van der Waals surface area contributed by atoms with Gasteiger partial charge in [-0.25, -0.2) is 0 Å². The van der Waals surface area contributed by atoms with Crippen LogP contribution in [-0.2, 0) is 17.8 Å². The number of carbonyl (C=O) groups is 1. The number of aliphatic carboxylic acids is 1. The highest BCUT2D eigenvalue weighted by Gasteiger charge is 2.02. The van der Waals surface area contributed by atoms with Crippen LogP contribution >= 0.6 is 0 Å². The van der Waals surface area contributed by atoms with Crippen molar-refractivity contribution in [2.45, 2.75) is 39.4 Å². The Balaban J connectivity index is 1.84. The Hall–Kier alpha value is -2.49. The minimum atomic E-state index is -0.782. The molecule has 2 aromatic rings. The second-order valence-corrected chi connectivity index (χ2v) is 5.64. The zero-order valence-electron chi connectivity index (χ0n) is 13.5. The van der Waals surface area contributed by atoms with E-state index in [9.17, 15) is 4.79 Å². The van der Waals surface area contributed by atoms with E-state index in [1.165, 1.54) is 0 Å². The van der Waals surface area contributed by atoms with Gasteiger partial charge in [-0.1, -0.05) is 24.3 Å². The molecule has 0 spiro atoms. The molecule has 0 amide bonds. The third kappa shape index (κ3) is 6.02. The predicted molar refractivity (Wildman–Crippen MR) is 88.9 cm³/mol. The Bertz CT molecular complexity index is 615. The van der Waals surface area contributed by atoms with E-state index in [0.29, 0.717) is 13.0 Å². The maximum atomic E-state index is 10.5. The predicted octanol–water partition coefficient (Wildman–Crippen LogP) is 4.07. The molecule has 4 heteroatoms. The second kappa shape index (κ2) is 8.22. The normalized spacial score (nSPS) is 10.6. The molecule has 23 heavy (non-hydrogen) atoms. The van der Waals surface area contributed by atoms with E-state index >= 15 is 0 Å². The molecule has 0 unspecified atom stereocenters. The summed E-state index contributed by atoms with van der Waals surface area (Å²) in [5.41, 5.74) is 2.06. The average Bonchev–Trinajstić information content (AvgIpc) is 2.53. The zero-order valence-corrected chi connectivity index (χ0v) is 13.5. The lowest BCUT2D eigenvalue weighted by Gasteiger charge is -2.11. The summed E-state index contributed by atoms with van der Waals surface area (Å²) in [6.45, 7) is 4.48. The highest BCUT2D eigenvalue weighted by molar-refractivity contribution is 5.67. The summed E-state index contributed by atoms with van der Waals surface area (Å²) in [5, 5.41) is 8.67. The van der Waals surface area contributed by atoms with Gasteiger partial charge in [-0.05, 0) is 55.7 Å². The number of hydrogen-bond acceptors (Lipinski definition) is 3. The van der Waals surface area contributed by atoms with Crippen LogP contribution in [-0.4, -0.2) is 17.2 Å². The molecule has 4 nitrogen and oxygen atoms in total. The van der Waals surface area contributed by atoms with Crippen LogP contribution in [0.4, 0.5) is 0 Å². The standard InChI is InChI=1S/C19H22O4/c1-14(2)23-18-10-5-16(6-11-18)13-22-17-8-3-15(4-9-17)7-12-19(20)21/h3-6,8-11,14H,7,12-13H2,1-2H3,(H,20,21). The fourth-order valence-corrected chi connectivity index (χ4v) is 2.11. The van der Waals surface area contributed by atoms with Gasteiger partial charge in [0.15, 0.2) is 0 Å². The summed E-state index contributed by atoms with van der Waals surface area (Å²) in [7, 11) is 0. The fourth-order valence-electron chi connectivity index (χ4n) is 2.11. The number of rotatable bonds is 8. The van der Waals surface area contributed by atoms with Crippen LogP contribution in [0, 0.1) is 0 Å². The van der Waals surface area contributed by atoms with Gasteiger partial charge >= 0.3 is 5.97 Å². The van der Waals surface area contributed by atoms with Crippen LogP contribution in [0.3, 0.4) is 0 Å². The smallest absolute Gasteiger partial charge is 0.303 e. The number of carboxylic acid groups (broad SMARTS) is 1. The Morgan fingerprint density at radius 2 is 1.52 bits per heavy atom. The van der Waals surface area contributed by atoms with E-state index in [-0.39, 0.29) is 12.5 Å². The molecule has 1 N–H and O–H groups in total. The van der Waals surface area contributed by atoms with E-state index in [1.807, 2.05) is 62.4 Å². The molecule has 0 saturated carbocycles. The molecule has 2 aromatic carbocycles. The van der Waals surface area contributed by atoms with Crippen molar-refractivity contribution in [3.63, 3.8) is 0 Å². The van der Waals surface area contributed by atoms with Crippen molar-refractivity contribution in [1.82, 2.24) is 0 Å². The van der Waals surface area contributed by atoms with E-state index in [0.717, 1.165) is 22.6 Å². The number of carboxylic acids is 1. The van der Waals surface area contributed by atoms with Crippen molar-refractivity contribution in [1.29, 1.82) is 0 Å². The highest BCUT2D eigenvalue weighted by Crippen LogP contribution is 2.17. The summed E-state index contributed by atoms with van der Waals surface area (Å²) >= 11 is 0. The molecule has 0 atom stereocenters. The average molecular weight is 314 g/mol. The van der Waals surface area contributed by atoms with E-state index < -0.39 is 5.97 Å². The molecular formula is C19H22O4.